The lowest BCUT2D eigenvalue weighted by molar-refractivity contribution is -0.000386. The molecule has 1 rings (SSSR count). The molecule has 0 aromatic heterocycles. The predicted octanol–water partition coefficient (Wildman–Crippen LogP) is 3.51. The highest BCUT2D eigenvalue weighted by molar-refractivity contribution is 5.27. The molecule has 3 heteroatoms. The van der Waals surface area contributed by atoms with Gasteiger partial charge in [-0.25, -0.2) is 0 Å². The second-order valence-corrected chi connectivity index (χ2v) is 5.53. The summed E-state index contributed by atoms with van der Waals surface area (Å²) in [5.41, 5.74) is 2.65. The van der Waals surface area contributed by atoms with Gasteiger partial charge in [0, 0.05) is 7.11 Å². The molecule has 1 aromatic carbocycles. The first kappa shape index (κ1) is 17.2. The highest BCUT2D eigenvalue weighted by atomic mass is 16.5. The summed E-state index contributed by atoms with van der Waals surface area (Å²) in [6.45, 7) is 10.8. The fraction of sp³-hybridized carbons (Fsp3) is 0.647. The van der Waals surface area contributed by atoms with Crippen LogP contribution in [0.4, 0.5) is 0 Å². The molecule has 0 fully saturated rings. The molecule has 1 N–H and O–H groups in total. The average molecular weight is 279 g/mol. The first-order chi connectivity index (χ1) is 9.58. The van der Waals surface area contributed by atoms with Crippen LogP contribution in [-0.4, -0.2) is 33.0 Å². The van der Waals surface area contributed by atoms with Gasteiger partial charge < -0.3 is 14.8 Å². The van der Waals surface area contributed by atoms with Crippen LogP contribution in [0.15, 0.2) is 24.3 Å². The molecule has 0 aliphatic heterocycles. The second-order valence-electron chi connectivity index (χ2n) is 5.53. The maximum atomic E-state index is 5.84. The van der Waals surface area contributed by atoms with Gasteiger partial charge in [0.2, 0.25) is 0 Å². The Bertz CT molecular complexity index is 362. The third-order valence-electron chi connectivity index (χ3n) is 3.40. The summed E-state index contributed by atoms with van der Waals surface area (Å²) in [7, 11) is 1.70. The van der Waals surface area contributed by atoms with Gasteiger partial charge in [0.15, 0.2) is 0 Å². The van der Waals surface area contributed by atoms with Crippen LogP contribution in [0.2, 0.25) is 0 Å². The van der Waals surface area contributed by atoms with E-state index in [1.165, 1.54) is 11.1 Å². The number of rotatable bonds is 9. The van der Waals surface area contributed by atoms with Gasteiger partial charge in [-0.15, -0.1) is 0 Å². The molecule has 0 aliphatic carbocycles. The topological polar surface area (TPSA) is 30.5 Å². The zero-order chi connectivity index (χ0) is 15.0. The molecule has 0 spiro atoms. The molecule has 0 aliphatic rings. The molecule has 2 atom stereocenters. The van der Waals surface area contributed by atoms with Crippen molar-refractivity contribution in [1.29, 1.82) is 0 Å². The molecule has 0 saturated heterocycles. The first-order valence-corrected chi connectivity index (χ1v) is 7.52. The Morgan fingerprint density at radius 3 is 2.10 bits per heavy atom. The fourth-order valence-electron chi connectivity index (χ4n) is 2.18. The molecule has 0 saturated carbocycles. The minimum atomic E-state index is 0.121. The minimum absolute atomic E-state index is 0.121. The summed E-state index contributed by atoms with van der Waals surface area (Å²) in [5.74, 6) is 0.569. The Balaban J connectivity index is 2.64. The lowest BCUT2D eigenvalue weighted by Crippen LogP contribution is -2.28. The van der Waals surface area contributed by atoms with Gasteiger partial charge in [-0.1, -0.05) is 45.0 Å². The number of likely N-dealkylation sites (N-methyl/N-ethyl adjacent to an activating group) is 1. The van der Waals surface area contributed by atoms with Crippen LogP contribution in [0.25, 0.3) is 0 Å². The van der Waals surface area contributed by atoms with Crippen molar-refractivity contribution >= 4 is 0 Å². The molecule has 0 bridgehead atoms. The molecule has 0 amide bonds. The van der Waals surface area contributed by atoms with Crippen molar-refractivity contribution < 1.29 is 9.47 Å². The summed E-state index contributed by atoms with van der Waals surface area (Å²) in [6, 6.07) is 9.06. The van der Waals surface area contributed by atoms with Crippen molar-refractivity contribution in [2.75, 3.05) is 26.9 Å². The van der Waals surface area contributed by atoms with Gasteiger partial charge in [0.1, 0.15) is 0 Å². The van der Waals surface area contributed by atoms with E-state index in [1.54, 1.807) is 7.11 Å². The molecule has 0 heterocycles. The number of hydrogen-bond acceptors (Lipinski definition) is 3. The fourth-order valence-corrected chi connectivity index (χ4v) is 2.18. The van der Waals surface area contributed by atoms with Gasteiger partial charge in [-0.05, 0) is 30.5 Å². The van der Waals surface area contributed by atoms with Crippen molar-refractivity contribution in [2.24, 2.45) is 0 Å². The Labute approximate surface area is 123 Å². The number of nitrogens with one attached hydrogen (secondary N) is 1. The molecular weight excluding hydrogens is 250 g/mol. The van der Waals surface area contributed by atoms with Gasteiger partial charge in [0.25, 0.3) is 0 Å². The number of methoxy groups -OCH3 is 1. The molecule has 0 radical (unpaired) electrons. The van der Waals surface area contributed by atoms with Crippen molar-refractivity contribution in [1.82, 2.24) is 5.32 Å². The van der Waals surface area contributed by atoms with Crippen LogP contribution in [0.5, 0.6) is 0 Å². The average Bonchev–Trinajstić information content (AvgIpc) is 2.44. The minimum Gasteiger partial charge on any atom is -0.382 e. The Morgan fingerprint density at radius 2 is 1.60 bits per heavy atom. The first-order valence-electron chi connectivity index (χ1n) is 7.52. The zero-order valence-corrected chi connectivity index (χ0v) is 13.5. The highest BCUT2D eigenvalue weighted by Gasteiger charge is 2.13. The molecule has 20 heavy (non-hydrogen) atoms. The van der Waals surface area contributed by atoms with Crippen LogP contribution >= 0.6 is 0 Å². The standard InChI is InChI=1S/C17H29NO2/c1-6-18-17(12-20-14(4)11-19-5)16-9-7-15(8-10-16)13(2)3/h7-10,13-14,17-18H,6,11-12H2,1-5H3. The van der Waals surface area contributed by atoms with E-state index < -0.39 is 0 Å². The van der Waals surface area contributed by atoms with Crippen LogP contribution in [0.3, 0.4) is 0 Å². The van der Waals surface area contributed by atoms with E-state index >= 15 is 0 Å². The van der Waals surface area contributed by atoms with Crippen LogP contribution < -0.4 is 5.32 Å². The predicted molar refractivity (Wildman–Crippen MR) is 84.2 cm³/mol. The van der Waals surface area contributed by atoms with Crippen molar-refractivity contribution in [2.45, 2.75) is 45.8 Å². The zero-order valence-electron chi connectivity index (χ0n) is 13.5. The Morgan fingerprint density at radius 1 is 1.00 bits per heavy atom. The Hall–Kier alpha value is -0.900. The quantitative estimate of drug-likeness (QED) is 0.750. The number of benzene rings is 1. The van der Waals surface area contributed by atoms with E-state index in [0.717, 1.165) is 6.54 Å². The van der Waals surface area contributed by atoms with Gasteiger partial charge in [-0.3, -0.25) is 0 Å². The van der Waals surface area contributed by atoms with E-state index in [9.17, 15) is 0 Å². The second kappa shape index (κ2) is 9.11. The molecule has 2 unspecified atom stereocenters. The summed E-state index contributed by atoms with van der Waals surface area (Å²) >= 11 is 0. The van der Waals surface area contributed by atoms with Crippen molar-refractivity contribution in [3.05, 3.63) is 35.4 Å². The lowest BCUT2D eigenvalue weighted by Gasteiger charge is -2.21. The van der Waals surface area contributed by atoms with Crippen molar-refractivity contribution in [3.63, 3.8) is 0 Å². The third-order valence-corrected chi connectivity index (χ3v) is 3.40. The van der Waals surface area contributed by atoms with Gasteiger partial charge >= 0.3 is 0 Å². The molecule has 1 aromatic rings. The van der Waals surface area contributed by atoms with E-state index in [1.807, 2.05) is 6.92 Å². The highest BCUT2D eigenvalue weighted by Crippen LogP contribution is 2.19. The summed E-state index contributed by atoms with van der Waals surface area (Å²) in [6.07, 6.45) is 0.121. The normalized spacial score (nSPS) is 14.5. The molecule has 3 nitrogen and oxygen atoms in total. The lowest BCUT2D eigenvalue weighted by atomic mass is 9.99. The van der Waals surface area contributed by atoms with E-state index in [2.05, 4.69) is 50.4 Å². The Kier molecular flexibility index (Phi) is 7.82. The summed E-state index contributed by atoms with van der Waals surface area (Å²) in [4.78, 5) is 0. The third kappa shape index (κ3) is 5.61. The molecular formula is C17H29NO2. The van der Waals surface area contributed by atoms with Gasteiger partial charge in [-0.2, -0.15) is 0 Å². The monoisotopic (exact) mass is 279 g/mol. The smallest absolute Gasteiger partial charge is 0.0781 e. The number of ether oxygens (including phenoxy) is 2. The largest absolute Gasteiger partial charge is 0.382 e. The maximum Gasteiger partial charge on any atom is 0.0781 e. The van der Waals surface area contributed by atoms with Crippen molar-refractivity contribution in [3.8, 4) is 0 Å². The number of hydrogen-bond donors (Lipinski definition) is 1. The maximum absolute atomic E-state index is 5.84. The summed E-state index contributed by atoms with van der Waals surface area (Å²) in [5, 5.41) is 3.48. The van der Waals surface area contributed by atoms with E-state index in [-0.39, 0.29) is 12.1 Å². The molecule has 114 valence electrons. The summed E-state index contributed by atoms with van der Waals surface area (Å²) < 4.78 is 10.9. The van der Waals surface area contributed by atoms with E-state index in [0.29, 0.717) is 19.1 Å². The van der Waals surface area contributed by atoms with E-state index in [4.69, 9.17) is 9.47 Å². The van der Waals surface area contributed by atoms with Crippen LogP contribution in [-0.2, 0) is 9.47 Å². The van der Waals surface area contributed by atoms with Crippen LogP contribution in [0.1, 0.15) is 50.8 Å². The van der Waals surface area contributed by atoms with Crippen LogP contribution in [0, 0.1) is 0 Å². The van der Waals surface area contributed by atoms with Gasteiger partial charge in [0.05, 0.1) is 25.4 Å². The SMILES string of the molecule is CCNC(COC(C)COC)c1ccc(C(C)C)cc1.